The third kappa shape index (κ3) is 26.2. The van der Waals surface area contributed by atoms with Crippen LogP contribution >= 0.6 is 7.82 Å². The molecule has 0 aromatic carbocycles. The highest BCUT2D eigenvalue weighted by Crippen LogP contribution is 2.47. The van der Waals surface area contributed by atoms with Crippen molar-refractivity contribution in [3.05, 3.63) is 24.3 Å². The quantitative estimate of drug-likeness (QED) is 0.0172. The van der Waals surface area contributed by atoms with Gasteiger partial charge in [-0.3, -0.25) is 13.8 Å². The van der Waals surface area contributed by atoms with Crippen LogP contribution in [0.15, 0.2) is 24.3 Å². The molecule has 0 aromatic rings. The molecule has 1 fully saturated rings. The number of rotatable bonds is 37. The number of nitrogens with one attached hydrogen (secondary N) is 1. The van der Waals surface area contributed by atoms with Gasteiger partial charge in [-0.2, -0.15) is 0 Å². The van der Waals surface area contributed by atoms with E-state index in [0.717, 1.165) is 57.8 Å². The molecule has 0 aromatic heterocycles. The molecule has 1 saturated carbocycles. The van der Waals surface area contributed by atoms with Crippen LogP contribution in [0.3, 0.4) is 0 Å². The molecular weight excluding hydrogens is 765 g/mol. The number of amides is 1. The first-order valence-electron chi connectivity index (χ1n) is 22.9. The van der Waals surface area contributed by atoms with E-state index >= 15 is 0 Å². The number of aliphatic hydroxyl groups is 7. The first kappa shape index (κ1) is 54.8. The molecule has 0 spiro atoms. The Morgan fingerprint density at radius 3 is 1.52 bits per heavy atom. The van der Waals surface area contributed by atoms with E-state index in [1.54, 1.807) is 6.08 Å². The standard InChI is InChI=1S/C44H84NO12P/c1-3-5-7-9-11-13-14-15-16-17-18-19-20-21-22-24-26-28-30-32-37(47)36(45-38(48)33-35(46)31-29-27-25-23-12-10-8-6-4-2)34-56-58(54,55)57-44-42(52)40(50)39(49)41(51)43(44)53/h10,12,30,32,35-37,39-44,46-47,49-53H,3-9,11,13-29,31,33-34H2,1-2H3,(H,45,48)(H,54,55)/b12-10-,32-30+. The van der Waals surface area contributed by atoms with Gasteiger partial charge in [-0.05, 0) is 38.5 Å². The molecule has 0 aliphatic heterocycles. The Morgan fingerprint density at radius 2 is 1.02 bits per heavy atom. The van der Waals surface area contributed by atoms with Crippen molar-refractivity contribution < 1.29 is 59.0 Å². The van der Waals surface area contributed by atoms with E-state index in [0.29, 0.717) is 12.8 Å². The molecule has 8 unspecified atom stereocenters. The highest BCUT2D eigenvalue weighted by atomic mass is 31.2. The summed E-state index contributed by atoms with van der Waals surface area (Å²) >= 11 is 0. The second kappa shape index (κ2) is 34.4. The van der Waals surface area contributed by atoms with Crippen LogP contribution in [0.25, 0.3) is 0 Å². The molecule has 0 radical (unpaired) electrons. The van der Waals surface area contributed by atoms with Gasteiger partial charge in [0.15, 0.2) is 0 Å². The lowest BCUT2D eigenvalue weighted by Gasteiger charge is -2.41. The summed E-state index contributed by atoms with van der Waals surface area (Å²) in [5.41, 5.74) is 0. The number of phosphoric acid groups is 1. The lowest BCUT2D eigenvalue weighted by molar-refractivity contribution is -0.220. The van der Waals surface area contributed by atoms with Crippen molar-refractivity contribution in [1.82, 2.24) is 5.32 Å². The van der Waals surface area contributed by atoms with Gasteiger partial charge in [-0.15, -0.1) is 0 Å². The summed E-state index contributed by atoms with van der Waals surface area (Å²) < 4.78 is 22.8. The summed E-state index contributed by atoms with van der Waals surface area (Å²) in [7, 11) is -5.14. The van der Waals surface area contributed by atoms with Gasteiger partial charge in [0.05, 0.1) is 31.3 Å². The minimum Gasteiger partial charge on any atom is -0.393 e. The molecule has 1 aliphatic rings. The predicted octanol–water partition coefficient (Wildman–Crippen LogP) is 7.20. The fourth-order valence-corrected chi connectivity index (χ4v) is 8.19. The van der Waals surface area contributed by atoms with Crippen molar-refractivity contribution in [2.75, 3.05) is 6.61 Å². The van der Waals surface area contributed by atoms with Crippen LogP contribution in [-0.2, 0) is 18.4 Å². The number of carbonyl (C=O) groups is 1. The Balaban J connectivity index is 2.54. The molecule has 0 saturated heterocycles. The second-order valence-corrected chi connectivity index (χ2v) is 17.8. The lowest BCUT2D eigenvalue weighted by Crippen LogP contribution is -2.64. The van der Waals surface area contributed by atoms with Crippen LogP contribution in [0.4, 0.5) is 0 Å². The number of allylic oxidation sites excluding steroid dienone is 3. The van der Waals surface area contributed by atoms with Gasteiger partial charge in [-0.1, -0.05) is 167 Å². The Morgan fingerprint density at radius 1 is 0.603 bits per heavy atom. The van der Waals surface area contributed by atoms with Crippen LogP contribution in [0.2, 0.25) is 0 Å². The highest BCUT2D eigenvalue weighted by Gasteiger charge is 2.51. The number of unbranched alkanes of at least 4 members (excludes halogenated alkanes) is 22. The van der Waals surface area contributed by atoms with E-state index in [2.05, 4.69) is 31.3 Å². The van der Waals surface area contributed by atoms with Gasteiger partial charge in [0.25, 0.3) is 0 Å². The molecule has 0 heterocycles. The molecule has 14 heteroatoms. The first-order chi connectivity index (χ1) is 27.8. The zero-order chi connectivity index (χ0) is 43.0. The fraction of sp³-hybridized carbons (Fsp3) is 0.886. The topological polar surface area (TPSA) is 226 Å². The molecule has 0 bridgehead atoms. The molecule has 9 N–H and O–H groups in total. The number of aliphatic hydroxyl groups excluding tert-OH is 7. The van der Waals surface area contributed by atoms with Crippen LogP contribution in [-0.4, -0.2) is 108 Å². The molecule has 8 atom stereocenters. The van der Waals surface area contributed by atoms with Crippen molar-refractivity contribution in [3.63, 3.8) is 0 Å². The van der Waals surface area contributed by atoms with E-state index in [1.807, 2.05) is 0 Å². The van der Waals surface area contributed by atoms with Gasteiger partial charge in [0.2, 0.25) is 5.91 Å². The molecule has 1 aliphatic carbocycles. The van der Waals surface area contributed by atoms with Crippen molar-refractivity contribution in [2.45, 2.75) is 242 Å². The molecule has 1 amide bonds. The highest BCUT2D eigenvalue weighted by molar-refractivity contribution is 7.47. The maximum absolute atomic E-state index is 12.9. The zero-order valence-corrected chi connectivity index (χ0v) is 36.9. The first-order valence-corrected chi connectivity index (χ1v) is 24.4. The van der Waals surface area contributed by atoms with Gasteiger partial charge in [-0.25, -0.2) is 4.57 Å². The van der Waals surface area contributed by atoms with Crippen molar-refractivity contribution in [1.29, 1.82) is 0 Å². The van der Waals surface area contributed by atoms with Crippen LogP contribution < -0.4 is 5.32 Å². The Bertz CT molecular complexity index is 1100. The average Bonchev–Trinajstić information content (AvgIpc) is 3.19. The third-order valence-corrected chi connectivity index (χ3v) is 12.0. The smallest absolute Gasteiger partial charge is 0.393 e. The number of hydrogen-bond donors (Lipinski definition) is 9. The van der Waals surface area contributed by atoms with Crippen LogP contribution in [0, 0.1) is 0 Å². The lowest BCUT2D eigenvalue weighted by atomic mass is 9.85. The Hall–Kier alpha value is -1.22. The maximum atomic E-state index is 12.9. The third-order valence-electron chi connectivity index (χ3n) is 11.0. The molecule has 1 rings (SSSR count). The van der Waals surface area contributed by atoms with Gasteiger partial charge < -0.3 is 46.0 Å². The van der Waals surface area contributed by atoms with Gasteiger partial charge in [0.1, 0.15) is 36.6 Å². The Labute approximate surface area is 350 Å². The second-order valence-electron chi connectivity index (χ2n) is 16.4. The summed E-state index contributed by atoms with van der Waals surface area (Å²) in [5, 5.41) is 74.3. The summed E-state index contributed by atoms with van der Waals surface area (Å²) in [5.74, 6) is -0.604. The molecule has 13 nitrogen and oxygen atoms in total. The van der Waals surface area contributed by atoms with Crippen LogP contribution in [0.5, 0.6) is 0 Å². The van der Waals surface area contributed by atoms with E-state index in [4.69, 9.17) is 9.05 Å². The predicted molar refractivity (Wildman–Crippen MR) is 229 cm³/mol. The Kier molecular flexibility index (Phi) is 32.5. The normalized spacial score (nSPS) is 24.0. The average molecular weight is 850 g/mol. The summed E-state index contributed by atoms with van der Waals surface area (Å²) in [6.07, 6.45) is 22.9. The minimum absolute atomic E-state index is 0.255. The summed E-state index contributed by atoms with van der Waals surface area (Å²) in [6.45, 7) is 3.67. The van der Waals surface area contributed by atoms with E-state index < -0.39 is 75.2 Å². The number of carbonyl (C=O) groups excluding carboxylic acids is 1. The molecule has 58 heavy (non-hydrogen) atoms. The minimum atomic E-state index is -5.14. The van der Waals surface area contributed by atoms with E-state index in [9.17, 15) is 50.0 Å². The largest absolute Gasteiger partial charge is 0.472 e. The van der Waals surface area contributed by atoms with E-state index in [1.165, 1.54) is 102 Å². The summed E-state index contributed by atoms with van der Waals surface area (Å²) in [6, 6.07) is -1.24. The summed E-state index contributed by atoms with van der Waals surface area (Å²) in [4.78, 5) is 23.3. The van der Waals surface area contributed by atoms with Crippen LogP contribution in [0.1, 0.15) is 187 Å². The number of phosphoric ester groups is 1. The van der Waals surface area contributed by atoms with Gasteiger partial charge in [0, 0.05) is 0 Å². The van der Waals surface area contributed by atoms with E-state index in [-0.39, 0.29) is 6.42 Å². The zero-order valence-electron chi connectivity index (χ0n) is 36.0. The maximum Gasteiger partial charge on any atom is 0.472 e. The monoisotopic (exact) mass is 850 g/mol. The van der Waals surface area contributed by atoms with Crippen molar-refractivity contribution in [3.8, 4) is 0 Å². The molecule has 342 valence electrons. The van der Waals surface area contributed by atoms with Crippen molar-refractivity contribution in [2.24, 2.45) is 0 Å². The molecular formula is C44H84NO12P. The van der Waals surface area contributed by atoms with Gasteiger partial charge >= 0.3 is 7.82 Å². The SMILES string of the molecule is CCCC/C=C\CCCCCC(O)CC(=O)NC(COP(=O)(O)OC1C(O)C(O)C(O)C(O)C1O)C(O)/C=C/CCCCCCCCCCCCCCCCCCC. The number of hydrogen-bond acceptors (Lipinski definition) is 11. The van der Waals surface area contributed by atoms with Crippen molar-refractivity contribution >= 4 is 13.7 Å². The fourth-order valence-electron chi connectivity index (χ4n) is 7.22.